The number of ether oxygens (including phenoxy) is 1. The fourth-order valence-corrected chi connectivity index (χ4v) is 2.33. The molecule has 0 radical (unpaired) electrons. The molecule has 2 nitrogen and oxygen atoms in total. The summed E-state index contributed by atoms with van der Waals surface area (Å²) >= 11 is 0. The van der Waals surface area contributed by atoms with E-state index in [-0.39, 0.29) is 5.54 Å². The summed E-state index contributed by atoms with van der Waals surface area (Å²) in [4.78, 5) is 0. The van der Waals surface area contributed by atoms with Crippen LogP contribution in [0, 0.1) is 0 Å². The second-order valence-electron chi connectivity index (χ2n) is 5.34. The van der Waals surface area contributed by atoms with Crippen LogP contribution in [-0.2, 0) is 12.8 Å². The van der Waals surface area contributed by atoms with E-state index in [0.717, 1.165) is 18.6 Å². The van der Waals surface area contributed by atoms with Crippen molar-refractivity contribution >= 4 is 0 Å². The van der Waals surface area contributed by atoms with E-state index >= 15 is 0 Å². The largest absolute Gasteiger partial charge is 0.497 e. The zero-order valence-corrected chi connectivity index (χ0v) is 11.6. The second kappa shape index (κ2) is 5.89. The summed E-state index contributed by atoms with van der Waals surface area (Å²) in [6.07, 6.45) is 1.73. The maximum Gasteiger partial charge on any atom is 0.118 e. The highest BCUT2D eigenvalue weighted by molar-refractivity contribution is 5.29. The van der Waals surface area contributed by atoms with Crippen molar-refractivity contribution in [1.29, 1.82) is 0 Å². The van der Waals surface area contributed by atoms with Crippen molar-refractivity contribution in [2.75, 3.05) is 7.11 Å². The van der Waals surface area contributed by atoms with Crippen molar-refractivity contribution in [2.45, 2.75) is 25.3 Å². The zero-order chi connectivity index (χ0) is 13.7. The van der Waals surface area contributed by atoms with Crippen molar-refractivity contribution in [2.24, 2.45) is 5.73 Å². The van der Waals surface area contributed by atoms with Gasteiger partial charge in [0.05, 0.1) is 7.11 Å². The van der Waals surface area contributed by atoms with Crippen LogP contribution in [0.5, 0.6) is 5.75 Å². The molecule has 0 fully saturated rings. The molecule has 0 heterocycles. The van der Waals surface area contributed by atoms with Crippen LogP contribution in [-0.4, -0.2) is 12.6 Å². The molecule has 1 atom stereocenters. The molecule has 100 valence electrons. The van der Waals surface area contributed by atoms with E-state index in [1.54, 1.807) is 7.11 Å². The molecule has 0 aromatic heterocycles. The summed E-state index contributed by atoms with van der Waals surface area (Å²) in [6, 6.07) is 18.5. The molecule has 0 bridgehead atoms. The maximum absolute atomic E-state index is 6.42. The van der Waals surface area contributed by atoms with Crippen LogP contribution in [0.25, 0.3) is 0 Å². The fourth-order valence-electron chi connectivity index (χ4n) is 2.33. The number of benzene rings is 2. The fraction of sp³-hybridized carbons (Fsp3) is 0.294. The Kier molecular flexibility index (Phi) is 4.23. The molecule has 0 aliphatic heterocycles. The molecule has 0 aliphatic carbocycles. The zero-order valence-electron chi connectivity index (χ0n) is 11.6. The van der Waals surface area contributed by atoms with Gasteiger partial charge in [-0.2, -0.15) is 0 Å². The van der Waals surface area contributed by atoms with Gasteiger partial charge in [-0.05, 0) is 43.0 Å². The Bertz CT molecular complexity index is 503. The lowest BCUT2D eigenvalue weighted by Gasteiger charge is -2.25. The SMILES string of the molecule is COc1ccc(CC(C)(N)Cc2ccccc2)cc1. The van der Waals surface area contributed by atoms with Crippen LogP contribution in [0.15, 0.2) is 54.6 Å². The third-order valence-corrected chi connectivity index (χ3v) is 3.22. The first-order chi connectivity index (χ1) is 9.09. The van der Waals surface area contributed by atoms with Gasteiger partial charge in [0.15, 0.2) is 0 Å². The number of methoxy groups -OCH3 is 1. The van der Waals surface area contributed by atoms with Crippen molar-refractivity contribution in [1.82, 2.24) is 0 Å². The Morgan fingerprint density at radius 1 is 0.895 bits per heavy atom. The Morgan fingerprint density at radius 2 is 1.42 bits per heavy atom. The molecule has 2 heteroatoms. The van der Waals surface area contributed by atoms with Crippen LogP contribution < -0.4 is 10.5 Å². The lowest BCUT2D eigenvalue weighted by atomic mass is 9.87. The molecule has 2 aromatic carbocycles. The molecule has 0 amide bonds. The van der Waals surface area contributed by atoms with Crippen molar-refractivity contribution in [3.05, 3.63) is 65.7 Å². The van der Waals surface area contributed by atoms with Gasteiger partial charge in [0, 0.05) is 5.54 Å². The topological polar surface area (TPSA) is 35.2 Å². The van der Waals surface area contributed by atoms with E-state index in [2.05, 4.69) is 43.3 Å². The van der Waals surface area contributed by atoms with E-state index in [9.17, 15) is 0 Å². The molecule has 0 spiro atoms. The Balaban J connectivity index is 2.03. The standard InChI is InChI=1S/C17H21NO/c1-17(18,12-14-6-4-3-5-7-14)13-15-8-10-16(19-2)11-9-15/h3-11H,12-13,18H2,1-2H3. The Hall–Kier alpha value is -1.80. The van der Waals surface area contributed by atoms with E-state index in [1.165, 1.54) is 11.1 Å². The van der Waals surface area contributed by atoms with Gasteiger partial charge in [-0.25, -0.2) is 0 Å². The van der Waals surface area contributed by atoms with Gasteiger partial charge in [0.1, 0.15) is 5.75 Å². The lowest BCUT2D eigenvalue weighted by Crippen LogP contribution is -2.40. The highest BCUT2D eigenvalue weighted by atomic mass is 16.5. The molecule has 1 unspecified atom stereocenters. The van der Waals surface area contributed by atoms with Gasteiger partial charge in [-0.1, -0.05) is 42.5 Å². The third-order valence-electron chi connectivity index (χ3n) is 3.22. The maximum atomic E-state index is 6.42. The minimum absolute atomic E-state index is 0.240. The van der Waals surface area contributed by atoms with Gasteiger partial charge < -0.3 is 10.5 Å². The van der Waals surface area contributed by atoms with E-state index in [4.69, 9.17) is 10.5 Å². The number of hydrogen-bond acceptors (Lipinski definition) is 2. The highest BCUT2D eigenvalue weighted by Crippen LogP contribution is 2.18. The summed E-state index contributed by atoms with van der Waals surface area (Å²) < 4.78 is 5.16. The van der Waals surface area contributed by atoms with E-state index in [0.29, 0.717) is 0 Å². The summed E-state index contributed by atoms with van der Waals surface area (Å²) in [6.45, 7) is 2.10. The Labute approximate surface area is 115 Å². The number of nitrogens with two attached hydrogens (primary N) is 1. The van der Waals surface area contributed by atoms with Gasteiger partial charge in [-0.15, -0.1) is 0 Å². The molecule has 0 aliphatic rings. The van der Waals surface area contributed by atoms with Gasteiger partial charge in [-0.3, -0.25) is 0 Å². The van der Waals surface area contributed by atoms with E-state index in [1.807, 2.05) is 18.2 Å². The average molecular weight is 255 g/mol. The van der Waals surface area contributed by atoms with Crippen molar-refractivity contribution in [3.8, 4) is 5.75 Å². The van der Waals surface area contributed by atoms with Gasteiger partial charge >= 0.3 is 0 Å². The minimum Gasteiger partial charge on any atom is -0.497 e. The van der Waals surface area contributed by atoms with Crippen LogP contribution in [0.2, 0.25) is 0 Å². The minimum atomic E-state index is -0.240. The summed E-state index contributed by atoms with van der Waals surface area (Å²) in [5, 5.41) is 0. The van der Waals surface area contributed by atoms with E-state index < -0.39 is 0 Å². The normalized spacial score (nSPS) is 13.8. The van der Waals surface area contributed by atoms with Crippen molar-refractivity contribution in [3.63, 3.8) is 0 Å². The summed E-state index contributed by atoms with van der Waals surface area (Å²) in [7, 11) is 1.68. The molecule has 19 heavy (non-hydrogen) atoms. The third kappa shape index (κ3) is 4.11. The summed E-state index contributed by atoms with van der Waals surface area (Å²) in [5.41, 5.74) is 8.70. The van der Waals surface area contributed by atoms with Crippen LogP contribution in [0.3, 0.4) is 0 Å². The second-order valence-corrected chi connectivity index (χ2v) is 5.34. The monoisotopic (exact) mass is 255 g/mol. The van der Waals surface area contributed by atoms with Gasteiger partial charge in [0.25, 0.3) is 0 Å². The van der Waals surface area contributed by atoms with Gasteiger partial charge in [0.2, 0.25) is 0 Å². The van der Waals surface area contributed by atoms with Crippen molar-refractivity contribution < 1.29 is 4.74 Å². The Morgan fingerprint density at radius 3 is 1.95 bits per heavy atom. The first kappa shape index (κ1) is 13.6. The predicted octanol–water partition coefficient (Wildman–Crippen LogP) is 3.20. The first-order valence-corrected chi connectivity index (χ1v) is 6.55. The lowest BCUT2D eigenvalue weighted by molar-refractivity contribution is 0.414. The highest BCUT2D eigenvalue weighted by Gasteiger charge is 2.19. The summed E-state index contributed by atoms with van der Waals surface area (Å²) in [5.74, 6) is 0.880. The molecule has 2 aromatic rings. The molecular formula is C17H21NO. The molecule has 2 N–H and O–H groups in total. The quantitative estimate of drug-likeness (QED) is 0.890. The van der Waals surface area contributed by atoms with Crippen LogP contribution >= 0.6 is 0 Å². The number of hydrogen-bond donors (Lipinski definition) is 1. The van der Waals surface area contributed by atoms with Crippen LogP contribution in [0.1, 0.15) is 18.1 Å². The average Bonchev–Trinajstić information content (AvgIpc) is 2.39. The molecule has 0 saturated heterocycles. The molecule has 0 saturated carbocycles. The van der Waals surface area contributed by atoms with Crippen LogP contribution in [0.4, 0.5) is 0 Å². The smallest absolute Gasteiger partial charge is 0.118 e. The predicted molar refractivity (Wildman–Crippen MR) is 79.4 cm³/mol. The molecule has 2 rings (SSSR count). The molecular weight excluding hydrogens is 234 g/mol. The first-order valence-electron chi connectivity index (χ1n) is 6.55. The number of rotatable bonds is 5.